The zero-order valence-electron chi connectivity index (χ0n) is 19.9. The average Bonchev–Trinajstić information content (AvgIpc) is 2.81. The zero-order valence-corrected chi connectivity index (χ0v) is 19.9. The Morgan fingerprint density at radius 3 is 2.18 bits per heavy atom. The highest BCUT2D eigenvalue weighted by atomic mass is 16.5. The molecular formula is C26H32N2O6. The van der Waals surface area contributed by atoms with E-state index >= 15 is 0 Å². The molecule has 0 aliphatic heterocycles. The molecule has 0 bridgehead atoms. The molecule has 2 N–H and O–H groups in total. The van der Waals surface area contributed by atoms with E-state index in [0.717, 1.165) is 12.8 Å². The highest BCUT2D eigenvalue weighted by molar-refractivity contribution is 5.99. The number of rotatable bonds is 13. The van der Waals surface area contributed by atoms with Gasteiger partial charge in [-0.05, 0) is 60.9 Å². The summed E-state index contributed by atoms with van der Waals surface area (Å²) in [6, 6.07) is 13.0. The Morgan fingerprint density at radius 2 is 1.56 bits per heavy atom. The predicted octanol–water partition coefficient (Wildman–Crippen LogP) is 4.01. The molecule has 2 rings (SSSR count). The number of unbranched alkanes of at least 4 members (excludes halogenated alkanes) is 1. The lowest BCUT2D eigenvalue weighted by Gasteiger charge is -2.09. The molecule has 2 amide bonds. The molecule has 8 heteroatoms. The Balaban J connectivity index is 1.73. The maximum absolute atomic E-state index is 12.3. The van der Waals surface area contributed by atoms with Crippen LogP contribution in [0.1, 0.15) is 60.7 Å². The largest absolute Gasteiger partial charge is 0.494 e. The van der Waals surface area contributed by atoms with E-state index in [0.29, 0.717) is 35.6 Å². The summed E-state index contributed by atoms with van der Waals surface area (Å²) in [5, 5.41) is 5.23. The molecule has 0 aliphatic carbocycles. The molecule has 0 saturated heterocycles. The average molecular weight is 469 g/mol. The van der Waals surface area contributed by atoms with Crippen molar-refractivity contribution in [1.82, 2.24) is 5.32 Å². The lowest BCUT2D eigenvalue weighted by molar-refractivity contribution is -0.141. The Kier molecular flexibility index (Phi) is 10.8. The van der Waals surface area contributed by atoms with Crippen LogP contribution in [0.4, 0.5) is 5.69 Å². The fraction of sp³-hybridized carbons (Fsp3) is 0.385. The van der Waals surface area contributed by atoms with Gasteiger partial charge in [0.05, 0.1) is 6.61 Å². The first kappa shape index (κ1) is 26.6. The molecule has 34 heavy (non-hydrogen) atoms. The van der Waals surface area contributed by atoms with Crippen LogP contribution in [0.3, 0.4) is 0 Å². The van der Waals surface area contributed by atoms with Gasteiger partial charge >= 0.3 is 5.97 Å². The normalized spacial score (nSPS) is 10.5. The number of anilines is 1. The first-order valence-corrected chi connectivity index (χ1v) is 11.4. The van der Waals surface area contributed by atoms with Gasteiger partial charge in [-0.1, -0.05) is 27.2 Å². The predicted molar refractivity (Wildman–Crippen MR) is 129 cm³/mol. The lowest BCUT2D eigenvalue weighted by atomic mass is 10.1. The van der Waals surface area contributed by atoms with Gasteiger partial charge in [-0.15, -0.1) is 0 Å². The third-order valence-electron chi connectivity index (χ3n) is 4.72. The summed E-state index contributed by atoms with van der Waals surface area (Å²) in [6.45, 7) is 5.79. The number of amides is 2. The van der Waals surface area contributed by atoms with Crippen molar-refractivity contribution in [3.05, 3.63) is 59.7 Å². The van der Waals surface area contributed by atoms with Gasteiger partial charge in [0.2, 0.25) is 5.91 Å². The van der Waals surface area contributed by atoms with Crippen molar-refractivity contribution >= 4 is 29.3 Å². The van der Waals surface area contributed by atoms with E-state index in [1.54, 1.807) is 48.5 Å². The van der Waals surface area contributed by atoms with Gasteiger partial charge < -0.3 is 20.1 Å². The number of ether oxygens (including phenoxy) is 2. The van der Waals surface area contributed by atoms with Crippen molar-refractivity contribution < 1.29 is 28.7 Å². The van der Waals surface area contributed by atoms with Crippen LogP contribution in [0.25, 0.3) is 0 Å². The fourth-order valence-corrected chi connectivity index (χ4v) is 2.89. The molecule has 0 aromatic heterocycles. The first-order chi connectivity index (χ1) is 16.3. The molecule has 0 radical (unpaired) electrons. The lowest BCUT2D eigenvalue weighted by Crippen LogP contribution is -2.31. The van der Waals surface area contributed by atoms with Crippen molar-refractivity contribution in [2.45, 2.75) is 40.0 Å². The molecule has 0 aliphatic rings. The van der Waals surface area contributed by atoms with E-state index in [1.807, 2.05) is 13.8 Å². The number of benzene rings is 2. The van der Waals surface area contributed by atoms with Gasteiger partial charge in [-0.3, -0.25) is 19.2 Å². The molecule has 182 valence electrons. The summed E-state index contributed by atoms with van der Waals surface area (Å²) in [4.78, 5) is 48.2. The second-order valence-electron chi connectivity index (χ2n) is 8.22. The summed E-state index contributed by atoms with van der Waals surface area (Å²) < 4.78 is 10.5. The van der Waals surface area contributed by atoms with Gasteiger partial charge in [0, 0.05) is 23.2 Å². The summed E-state index contributed by atoms with van der Waals surface area (Å²) >= 11 is 0. The zero-order chi connectivity index (χ0) is 24.9. The van der Waals surface area contributed by atoms with Gasteiger partial charge in [0.25, 0.3) is 5.91 Å². The summed E-state index contributed by atoms with van der Waals surface area (Å²) in [6.07, 6.45) is 2.40. The molecule has 0 atom stereocenters. The van der Waals surface area contributed by atoms with Crippen molar-refractivity contribution in [3.8, 4) is 5.75 Å². The van der Waals surface area contributed by atoms with Gasteiger partial charge in [0.15, 0.2) is 12.4 Å². The molecule has 0 heterocycles. The monoisotopic (exact) mass is 468 g/mol. The van der Waals surface area contributed by atoms with Crippen molar-refractivity contribution in [2.24, 2.45) is 5.92 Å². The number of carbonyl (C=O) groups excluding carboxylic acids is 4. The van der Waals surface area contributed by atoms with E-state index in [-0.39, 0.29) is 18.4 Å². The molecule has 0 unspecified atom stereocenters. The highest BCUT2D eigenvalue weighted by Crippen LogP contribution is 2.13. The van der Waals surface area contributed by atoms with Crippen LogP contribution in [-0.4, -0.2) is 43.3 Å². The van der Waals surface area contributed by atoms with E-state index in [9.17, 15) is 19.2 Å². The number of esters is 1. The van der Waals surface area contributed by atoms with Crippen LogP contribution in [0, 0.1) is 5.92 Å². The minimum Gasteiger partial charge on any atom is -0.494 e. The van der Waals surface area contributed by atoms with Crippen LogP contribution in [-0.2, 0) is 14.3 Å². The van der Waals surface area contributed by atoms with Crippen LogP contribution in [0.15, 0.2) is 48.5 Å². The summed E-state index contributed by atoms with van der Waals surface area (Å²) in [5.74, 6) is -0.721. The Bertz CT molecular complexity index is 968. The van der Waals surface area contributed by atoms with Crippen LogP contribution < -0.4 is 15.4 Å². The van der Waals surface area contributed by atoms with E-state index in [4.69, 9.17) is 9.47 Å². The topological polar surface area (TPSA) is 111 Å². The molecule has 2 aromatic rings. The second-order valence-corrected chi connectivity index (χ2v) is 8.22. The van der Waals surface area contributed by atoms with Crippen molar-refractivity contribution in [1.29, 1.82) is 0 Å². The first-order valence-electron chi connectivity index (χ1n) is 11.4. The molecule has 8 nitrogen and oxygen atoms in total. The van der Waals surface area contributed by atoms with E-state index < -0.39 is 24.3 Å². The minimum absolute atomic E-state index is 0.0960. The van der Waals surface area contributed by atoms with Crippen LogP contribution in [0.2, 0.25) is 0 Å². The summed E-state index contributed by atoms with van der Waals surface area (Å²) in [7, 11) is 0. The third-order valence-corrected chi connectivity index (χ3v) is 4.72. The Morgan fingerprint density at radius 1 is 0.912 bits per heavy atom. The SMILES string of the molecule is CCCCOc1ccc(C(=O)NCC(=O)OCC(=O)c2ccc(NC(=O)CC(C)C)cc2)cc1. The fourth-order valence-electron chi connectivity index (χ4n) is 2.89. The van der Waals surface area contributed by atoms with Gasteiger partial charge in [-0.2, -0.15) is 0 Å². The smallest absolute Gasteiger partial charge is 0.325 e. The van der Waals surface area contributed by atoms with E-state index in [1.165, 1.54) is 0 Å². The molecule has 0 saturated carbocycles. The Hall–Kier alpha value is -3.68. The van der Waals surface area contributed by atoms with Crippen LogP contribution >= 0.6 is 0 Å². The van der Waals surface area contributed by atoms with Gasteiger partial charge in [-0.25, -0.2) is 0 Å². The van der Waals surface area contributed by atoms with Crippen molar-refractivity contribution in [3.63, 3.8) is 0 Å². The Labute approximate surface area is 200 Å². The molecule has 0 fully saturated rings. The number of hydrogen-bond acceptors (Lipinski definition) is 6. The summed E-state index contributed by atoms with van der Waals surface area (Å²) in [5.41, 5.74) is 1.31. The number of Topliss-reactive ketones (excluding diaryl/α,β-unsaturated/α-hetero) is 1. The standard InChI is InChI=1S/C26H32N2O6/c1-4-5-14-33-22-12-8-20(9-13-22)26(32)27-16-25(31)34-17-23(29)19-6-10-21(11-7-19)28-24(30)15-18(2)3/h6-13,18H,4-5,14-17H2,1-3H3,(H,27,32)(H,28,30). The van der Waals surface area contributed by atoms with E-state index in [2.05, 4.69) is 17.6 Å². The number of hydrogen-bond donors (Lipinski definition) is 2. The van der Waals surface area contributed by atoms with Crippen LogP contribution in [0.5, 0.6) is 5.75 Å². The number of nitrogens with one attached hydrogen (secondary N) is 2. The third kappa shape index (κ3) is 9.44. The second kappa shape index (κ2) is 13.8. The van der Waals surface area contributed by atoms with Crippen molar-refractivity contribution in [2.75, 3.05) is 25.1 Å². The van der Waals surface area contributed by atoms with Gasteiger partial charge in [0.1, 0.15) is 12.3 Å². The number of ketones is 1. The highest BCUT2D eigenvalue weighted by Gasteiger charge is 2.13. The number of carbonyl (C=O) groups is 4. The molecule has 2 aromatic carbocycles. The molecule has 0 spiro atoms. The maximum Gasteiger partial charge on any atom is 0.325 e. The quantitative estimate of drug-likeness (QED) is 0.261. The minimum atomic E-state index is -0.723. The molecular weight excluding hydrogens is 436 g/mol. The maximum atomic E-state index is 12.3.